The van der Waals surface area contributed by atoms with E-state index in [9.17, 15) is 4.79 Å². The van der Waals surface area contributed by atoms with E-state index in [1.54, 1.807) is 0 Å². The second kappa shape index (κ2) is 4.74. The second-order valence-corrected chi connectivity index (χ2v) is 5.57. The molecule has 1 aliphatic carbocycles. The lowest BCUT2D eigenvalue weighted by atomic mass is 9.77. The SMILES string of the molecule is CCC(=O)N1CCC(NC2(C)CCC2)CC1. The van der Waals surface area contributed by atoms with Gasteiger partial charge in [-0.15, -0.1) is 0 Å². The van der Waals surface area contributed by atoms with Crippen molar-refractivity contribution >= 4 is 5.91 Å². The Morgan fingerprint density at radius 3 is 2.44 bits per heavy atom. The largest absolute Gasteiger partial charge is 0.343 e. The molecule has 3 heteroatoms. The summed E-state index contributed by atoms with van der Waals surface area (Å²) in [4.78, 5) is 13.5. The molecule has 16 heavy (non-hydrogen) atoms. The fourth-order valence-electron chi connectivity index (χ4n) is 2.84. The number of nitrogens with one attached hydrogen (secondary N) is 1. The van der Waals surface area contributed by atoms with Crippen molar-refractivity contribution in [2.45, 2.75) is 64.0 Å². The highest BCUT2D eigenvalue weighted by molar-refractivity contribution is 5.75. The Kier molecular flexibility index (Phi) is 3.53. The van der Waals surface area contributed by atoms with Crippen molar-refractivity contribution in [2.24, 2.45) is 0 Å². The van der Waals surface area contributed by atoms with E-state index in [2.05, 4.69) is 12.2 Å². The van der Waals surface area contributed by atoms with Crippen molar-refractivity contribution in [3.8, 4) is 0 Å². The highest BCUT2D eigenvalue weighted by Gasteiger charge is 2.34. The van der Waals surface area contributed by atoms with Gasteiger partial charge in [-0.05, 0) is 39.0 Å². The smallest absolute Gasteiger partial charge is 0.222 e. The maximum atomic E-state index is 11.5. The van der Waals surface area contributed by atoms with Crippen molar-refractivity contribution in [3.63, 3.8) is 0 Å². The number of piperidine rings is 1. The molecule has 1 saturated heterocycles. The highest BCUT2D eigenvalue weighted by atomic mass is 16.2. The number of carbonyl (C=O) groups is 1. The monoisotopic (exact) mass is 224 g/mol. The standard InChI is InChI=1S/C13H24N2O/c1-3-12(16)15-9-5-11(6-10-15)14-13(2)7-4-8-13/h11,14H,3-10H2,1-2H3. The van der Waals surface area contributed by atoms with E-state index in [1.165, 1.54) is 19.3 Å². The van der Waals surface area contributed by atoms with Crippen molar-refractivity contribution < 1.29 is 4.79 Å². The molecular formula is C13H24N2O. The van der Waals surface area contributed by atoms with Crippen LogP contribution in [0.25, 0.3) is 0 Å². The normalized spacial score (nSPS) is 25.2. The van der Waals surface area contributed by atoms with Crippen LogP contribution in [-0.4, -0.2) is 35.5 Å². The molecule has 0 atom stereocenters. The molecule has 0 radical (unpaired) electrons. The van der Waals surface area contributed by atoms with Crippen LogP contribution in [0.4, 0.5) is 0 Å². The summed E-state index contributed by atoms with van der Waals surface area (Å²) in [5.74, 6) is 0.313. The summed E-state index contributed by atoms with van der Waals surface area (Å²) in [5, 5.41) is 3.77. The van der Waals surface area contributed by atoms with Crippen LogP contribution in [0.2, 0.25) is 0 Å². The predicted molar refractivity (Wildman–Crippen MR) is 65.3 cm³/mol. The third-order valence-electron chi connectivity index (χ3n) is 4.16. The fraction of sp³-hybridized carbons (Fsp3) is 0.923. The summed E-state index contributed by atoms with van der Waals surface area (Å²) in [6.07, 6.45) is 6.91. The maximum Gasteiger partial charge on any atom is 0.222 e. The third kappa shape index (κ3) is 2.57. The summed E-state index contributed by atoms with van der Waals surface area (Å²) in [6.45, 7) is 6.17. The first kappa shape index (κ1) is 11.9. The third-order valence-corrected chi connectivity index (χ3v) is 4.16. The molecule has 92 valence electrons. The van der Waals surface area contributed by atoms with Gasteiger partial charge in [-0.25, -0.2) is 0 Å². The van der Waals surface area contributed by atoms with Gasteiger partial charge < -0.3 is 10.2 Å². The van der Waals surface area contributed by atoms with Gasteiger partial charge in [-0.3, -0.25) is 4.79 Å². The predicted octanol–water partition coefficient (Wildman–Crippen LogP) is 1.92. The lowest BCUT2D eigenvalue weighted by molar-refractivity contribution is -0.132. The van der Waals surface area contributed by atoms with E-state index in [-0.39, 0.29) is 0 Å². The number of likely N-dealkylation sites (tertiary alicyclic amines) is 1. The zero-order valence-electron chi connectivity index (χ0n) is 10.6. The van der Waals surface area contributed by atoms with Gasteiger partial charge in [0.25, 0.3) is 0 Å². The quantitative estimate of drug-likeness (QED) is 0.794. The molecule has 1 saturated carbocycles. The first-order chi connectivity index (χ1) is 7.63. The van der Waals surface area contributed by atoms with Gasteiger partial charge in [0, 0.05) is 31.1 Å². The first-order valence-electron chi connectivity index (χ1n) is 6.68. The number of nitrogens with zero attached hydrogens (tertiary/aromatic N) is 1. The summed E-state index contributed by atoms with van der Waals surface area (Å²) < 4.78 is 0. The average Bonchev–Trinajstić information content (AvgIpc) is 2.27. The van der Waals surface area contributed by atoms with Crippen molar-refractivity contribution in [1.82, 2.24) is 10.2 Å². The number of rotatable bonds is 3. The zero-order chi connectivity index (χ0) is 11.6. The minimum Gasteiger partial charge on any atom is -0.343 e. The van der Waals surface area contributed by atoms with Gasteiger partial charge in [-0.2, -0.15) is 0 Å². The van der Waals surface area contributed by atoms with Crippen LogP contribution in [0.5, 0.6) is 0 Å². The number of carbonyl (C=O) groups excluding carboxylic acids is 1. The zero-order valence-corrected chi connectivity index (χ0v) is 10.6. The molecule has 0 unspecified atom stereocenters. The summed E-state index contributed by atoms with van der Waals surface area (Å²) >= 11 is 0. The van der Waals surface area contributed by atoms with Gasteiger partial charge in [0.05, 0.1) is 0 Å². The van der Waals surface area contributed by atoms with Crippen LogP contribution < -0.4 is 5.32 Å². The fourth-order valence-corrected chi connectivity index (χ4v) is 2.84. The molecule has 0 bridgehead atoms. The Hall–Kier alpha value is -0.570. The van der Waals surface area contributed by atoms with Gasteiger partial charge in [-0.1, -0.05) is 6.92 Å². The number of hydrogen-bond acceptors (Lipinski definition) is 2. The second-order valence-electron chi connectivity index (χ2n) is 5.57. The van der Waals surface area contributed by atoms with Crippen LogP contribution >= 0.6 is 0 Å². The summed E-state index contributed by atoms with van der Waals surface area (Å²) in [6, 6.07) is 0.631. The van der Waals surface area contributed by atoms with Gasteiger partial charge in [0.2, 0.25) is 5.91 Å². The van der Waals surface area contributed by atoms with Crippen LogP contribution in [0, 0.1) is 0 Å². The van der Waals surface area contributed by atoms with E-state index >= 15 is 0 Å². The minimum atomic E-state index is 0.313. The van der Waals surface area contributed by atoms with Gasteiger partial charge >= 0.3 is 0 Å². The van der Waals surface area contributed by atoms with Crippen LogP contribution in [0.3, 0.4) is 0 Å². The molecule has 0 aromatic heterocycles. The average molecular weight is 224 g/mol. The minimum absolute atomic E-state index is 0.313. The van der Waals surface area contributed by atoms with E-state index < -0.39 is 0 Å². The van der Waals surface area contributed by atoms with E-state index in [1.807, 2.05) is 11.8 Å². The summed E-state index contributed by atoms with van der Waals surface area (Å²) in [7, 11) is 0. The Morgan fingerprint density at radius 1 is 1.38 bits per heavy atom. The molecule has 1 N–H and O–H groups in total. The van der Waals surface area contributed by atoms with E-state index in [0.29, 0.717) is 23.9 Å². The Balaban J connectivity index is 1.74. The van der Waals surface area contributed by atoms with Crippen LogP contribution in [-0.2, 0) is 4.79 Å². The molecule has 2 fully saturated rings. The lowest BCUT2D eigenvalue weighted by Crippen LogP contribution is -2.55. The van der Waals surface area contributed by atoms with Crippen LogP contribution in [0.15, 0.2) is 0 Å². The van der Waals surface area contributed by atoms with Crippen molar-refractivity contribution in [3.05, 3.63) is 0 Å². The first-order valence-corrected chi connectivity index (χ1v) is 6.68. The van der Waals surface area contributed by atoms with Crippen LogP contribution in [0.1, 0.15) is 52.4 Å². The molecule has 1 amide bonds. The number of amides is 1. The lowest BCUT2D eigenvalue weighted by Gasteiger charge is -2.44. The molecular weight excluding hydrogens is 200 g/mol. The van der Waals surface area contributed by atoms with Gasteiger partial charge in [0.1, 0.15) is 0 Å². The number of hydrogen-bond donors (Lipinski definition) is 1. The Labute approximate surface area is 98.6 Å². The van der Waals surface area contributed by atoms with E-state index in [4.69, 9.17) is 0 Å². The Morgan fingerprint density at radius 2 is 2.00 bits per heavy atom. The molecule has 1 aliphatic heterocycles. The van der Waals surface area contributed by atoms with Crippen molar-refractivity contribution in [1.29, 1.82) is 0 Å². The van der Waals surface area contributed by atoms with E-state index in [0.717, 1.165) is 25.9 Å². The topological polar surface area (TPSA) is 32.3 Å². The Bertz CT molecular complexity index is 253. The maximum absolute atomic E-state index is 11.5. The molecule has 0 spiro atoms. The summed E-state index contributed by atoms with van der Waals surface area (Å²) in [5.41, 5.74) is 0.404. The highest BCUT2D eigenvalue weighted by Crippen LogP contribution is 2.32. The molecule has 0 aromatic carbocycles. The molecule has 2 aliphatic rings. The molecule has 3 nitrogen and oxygen atoms in total. The van der Waals surface area contributed by atoms with Gasteiger partial charge in [0.15, 0.2) is 0 Å². The van der Waals surface area contributed by atoms with Crippen molar-refractivity contribution in [2.75, 3.05) is 13.1 Å². The molecule has 0 aromatic rings. The molecule has 2 rings (SSSR count). The molecule has 1 heterocycles.